The lowest BCUT2D eigenvalue weighted by atomic mass is 9.69. The zero-order chi connectivity index (χ0) is 30.9. The first-order chi connectivity index (χ1) is 23.3. The normalized spacial score (nSPS) is 17.1. The third-order valence-electron chi connectivity index (χ3n) is 10.3. The van der Waals surface area contributed by atoms with Gasteiger partial charge in [-0.15, -0.1) is 0 Å². The molecular formula is C46H30O. The van der Waals surface area contributed by atoms with Gasteiger partial charge >= 0.3 is 0 Å². The number of fused-ring (bicyclic) bond motifs is 8. The predicted molar refractivity (Wildman–Crippen MR) is 197 cm³/mol. The highest BCUT2D eigenvalue weighted by atomic mass is 16.3. The molecule has 0 fully saturated rings. The van der Waals surface area contributed by atoms with Crippen molar-refractivity contribution >= 4 is 54.6 Å². The van der Waals surface area contributed by atoms with Crippen LogP contribution in [0.2, 0.25) is 0 Å². The fourth-order valence-corrected chi connectivity index (χ4v) is 8.20. The maximum absolute atomic E-state index is 6.32. The van der Waals surface area contributed by atoms with Crippen molar-refractivity contribution in [1.82, 2.24) is 0 Å². The number of hydrogen-bond donors (Lipinski definition) is 0. The van der Waals surface area contributed by atoms with E-state index in [1.165, 1.54) is 70.8 Å². The third kappa shape index (κ3) is 4.03. The monoisotopic (exact) mass is 598 g/mol. The van der Waals surface area contributed by atoms with Crippen molar-refractivity contribution in [3.8, 4) is 11.1 Å². The van der Waals surface area contributed by atoms with E-state index in [2.05, 4.69) is 170 Å². The van der Waals surface area contributed by atoms with Gasteiger partial charge in [-0.3, -0.25) is 0 Å². The number of furan rings is 1. The van der Waals surface area contributed by atoms with Gasteiger partial charge in [-0.25, -0.2) is 0 Å². The van der Waals surface area contributed by atoms with Crippen LogP contribution < -0.4 is 10.4 Å². The molecule has 0 bridgehead atoms. The summed E-state index contributed by atoms with van der Waals surface area (Å²) >= 11 is 0. The first kappa shape index (κ1) is 26.3. The summed E-state index contributed by atoms with van der Waals surface area (Å²) in [5.74, 6) is 0.465. The smallest absolute Gasteiger partial charge is 0.136 e. The highest BCUT2D eigenvalue weighted by molar-refractivity contribution is 6.19. The van der Waals surface area contributed by atoms with Gasteiger partial charge in [-0.2, -0.15) is 0 Å². The molecule has 10 rings (SSSR count). The minimum absolute atomic E-state index is 0.228. The molecule has 1 heteroatoms. The van der Waals surface area contributed by atoms with Gasteiger partial charge in [0.1, 0.15) is 11.2 Å². The number of rotatable bonds is 3. The number of hydrogen-bond acceptors (Lipinski definition) is 1. The van der Waals surface area contributed by atoms with Crippen LogP contribution in [0.15, 0.2) is 174 Å². The first-order valence-corrected chi connectivity index (χ1v) is 16.4. The molecular weight excluding hydrogens is 569 g/mol. The Labute approximate surface area is 272 Å². The highest BCUT2D eigenvalue weighted by Crippen LogP contribution is 2.43. The molecule has 8 aromatic rings. The van der Waals surface area contributed by atoms with Gasteiger partial charge in [0.15, 0.2) is 0 Å². The van der Waals surface area contributed by atoms with E-state index in [1.807, 2.05) is 0 Å². The summed E-state index contributed by atoms with van der Waals surface area (Å²) in [6, 6.07) is 53.1. The fraction of sp³-hybridized carbons (Fsp3) is 0.0435. The molecule has 0 N–H and O–H groups in total. The predicted octanol–water partition coefficient (Wildman–Crippen LogP) is 10.3. The zero-order valence-electron chi connectivity index (χ0n) is 25.7. The maximum atomic E-state index is 6.32. The minimum atomic E-state index is 0.228. The SMILES string of the molecule is C1=CC2C(c3cccc(-c4ccc5oc6ccc7ccccc7c6c5c4)c3)=c3ccccc3=C(c3cccc4ccccc34)C2C=C1. The Hall–Kier alpha value is -5.92. The number of benzene rings is 7. The van der Waals surface area contributed by atoms with Crippen molar-refractivity contribution < 1.29 is 4.42 Å². The standard InChI is InChI=1S/C46H30O/c1-3-16-34-29(11-1)13-10-22-36(34)45-39-20-7-5-18-37(39)44(38-19-6-8-21-40(38)45)33-15-9-14-31(27-33)32-24-25-42-41(28-32)46-35-17-4-2-12-30(35)23-26-43(46)47-42/h1-28,37,39H. The summed E-state index contributed by atoms with van der Waals surface area (Å²) in [7, 11) is 0. The number of allylic oxidation sites excluding steroid dienone is 4. The van der Waals surface area contributed by atoms with Crippen LogP contribution >= 0.6 is 0 Å². The molecule has 1 aromatic heterocycles. The van der Waals surface area contributed by atoms with Crippen molar-refractivity contribution in [2.45, 2.75) is 0 Å². The van der Waals surface area contributed by atoms with Gasteiger partial charge < -0.3 is 4.42 Å². The van der Waals surface area contributed by atoms with Crippen LogP contribution in [0.3, 0.4) is 0 Å². The van der Waals surface area contributed by atoms with Crippen molar-refractivity contribution in [3.05, 3.63) is 191 Å². The summed E-state index contributed by atoms with van der Waals surface area (Å²) in [6.07, 6.45) is 9.26. The molecule has 1 heterocycles. The maximum Gasteiger partial charge on any atom is 0.136 e. The first-order valence-electron chi connectivity index (χ1n) is 16.4. The Morgan fingerprint density at radius 1 is 0.404 bits per heavy atom. The molecule has 7 aromatic carbocycles. The highest BCUT2D eigenvalue weighted by Gasteiger charge is 2.32. The Kier molecular flexibility index (Phi) is 5.77. The van der Waals surface area contributed by atoms with E-state index in [4.69, 9.17) is 4.42 Å². The molecule has 47 heavy (non-hydrogen) atoms. The van der Waals surface area contributed by atoms with Crippen LogP contribution in [0.5, 0.6) is 0 Å². The topological polar surface area (TPSA) is 13.1 Å². The molecule has 0 aliphatic heterocycles. The van der Waals surface area contributed by atoms with Gasteiger partial charge in [0.2, 0.25) is 0 Å². The molecule has 0 saturated heterocycles. The average Bonchev–Trinajstić information content (AvgIpc) is 3.52. The second-order valence-electron chi connectivity index (χ2n) is 12.8. The average molecular weight is 599 g/mol. The largest absolute Gasteiger partial charge is 0.456 e. The lowest BCUT2D eigenvalue weighted by Gasteiger charge is -2.34. The Morgan fingerprint density at radius 3 is 1.87 bits per heavy atom. The molecule has 1 nitrogen and oxygen atoms in total. The van der Waals surface area contributed by atoms with Crippen LogP contribution in [0, 0.1) is 11.8 Å². The second kappa shape index (κ2) is 10.3. The summed E-state index contributed by atoms with van der Waals surface area (Å²) in [5, 5.41) is 10.0. The van der Waals surface area contributed by atoms with Gasteiger partial charge in [-0.1, -0.05) is 146 Å². The van der Waals surface area contributed by atoms with E-state index in [9.17, 15) is 0 Å². The molecule has 220 valence electrons. The second-order valence-corrected chi connectivity index (χ2v) is 12.8. The van der Waals surface area contributed by atoms with Gasteiger partial charge in [0.25, 0.3) is 0 Å². The van der Waals surface area contributed by atoms with Crippen molar-refractivity contribution in [3.63, 3.8) is 0 Å². The zero-order valence-corrected chi connectivity index (χ0v) is 25.7. The summed E-state index contributed by atoms with van der Waals surface area (Å²) < 4.78 is 6.32. The lowest BCUT2D eigenvalue weighted by molar-refractivity contribution is 0.669. The Balaban J connectivity index is 1.21. The van der Waals surface area contributed by atoms with E-state index in [0.717, 1.165) is 16.6 Å². The van der Waals surface area contributed by atoms with Crippen LogP contribution in [0.1, 0.15) is 11.1 Å². The molecule has 2 aliphatic carbocycles. The molecule has 0 saturated carbocycles. The molecule has 2 aliphatic rings. The van der Waals surface area contributed by atoms with Gasteiger partial charge in [-0.05, 0) is 89.6 Å². The Bertz CT molecular complexity index is 2750. The quantitative estimate of drug-likeness (QED) is 0.197. The molecule has 0 amide bonds. The fourth-order valence-electron chi connectivity index (χ4n) is 8.20. The Morgan fingerprint density at radius 2 is 1.02 bits per heavy atom. The van der Waals surface area contributed by atoms with Crippen molar-refractivity contribution in [1.29, 1.82) is 0 Å². The van der Waals surface area contributed by atoms with Gasteiger partial charge in [0.05, 0.1) is 0 Å². The third-order valence-corrected chi connectivity index (χ3v) is 10.3. The molecule has 0 spiro atoms. The van der Waals surface area contributed by atoms with Crippen molar-refractivity contribution in [2.24, 2.45) is 11.8 Å². The molecule has 2 unspecified atom stereocenters. The molecule has 2 atom stereocenters. The minimum Gasteiger partial charge on any atom is -0.456 e. The summed E-state index contributed by atoms with van der Waals surface area (Å²) in [4.78, 5) is 0. The van der Waals surface area contributed by atoms with Gasteiger partial charge in [0, 0.05) is 22.6 Å². The van der Waals surface area contributed by atoms with Crippen molar-refractivity contribution in [2.75, 3.05) is 0 Å². The van der Waals surface area contributed by atoms with Crippen LogP contribution in [-0.2, 0) is 0 Å². The summed E-state index contributed by atoms with van der Waals surface area (Å²) in [6.45, 7) is 0. The summed E-state index contributed by atoms with van der Waals surface area (Å²) in [5.41, 5.74) is 9.64. The van der Waals surface area contributed by atoms with Crippen LogP contribution in [0.25, 0.3) is 65.8 Å². The van der Waals surface area contributed by atoms with E-state index in [1.54, 1.807) is 0 Å². The van der Waals surface area contributed by atoms with Crippen LogP contribution in [-0.4, -0.2) is 0 Å². The van der Waals surface area contributed by atoms with Crippen LogP contribution in [0.4, 0.5) is 0 Å². The molecule has 0 radical (unpaired) electrons. The van der Waals surface area contributed by atoms with E-state index >= 15 is 0 Å². The lowest BCUT2D eigenvalue weighted by Crippen LogP contribution is -2.40. The van der Waals surface area contributed by atoms with E-state index < -0.39 is 0 Å². The van der Waals surface area contributed by atoms with E-state index in [-0.39, 0.29) is 11.8 Å². The van der Waals surface area contributed by atoms with E-state index in [0.29, 0.717) is 0 Å².